The minimum Gasteiger partial charge on any atom is -0.298 e. The zero-order valence-electron chi connectivity index (χ0n) is 19.7. The SMILES string of the molecule is O=Cc1c(-c2ccc(Cl)cc2)c(-c2ccc(Cl)cc2)c(C=O)c(-c2ccc(Cl)cc2)c1-c1ccc(Cl)cc1. The second-order valence-corrected chi connectivity index (χ2v) is 10.3. The molecule has 0 radical (unpaired) electrons. The van der Waals surface area contributed by atoms with Gasteiger partial charge in [-0.3, -0.25) is 9.59 Å². The second-order valence-electron chi connectivity index (χ2n) is 8.59. The summed E-state index contributed by atoms with van der Waals surface area (Å²) in [6.45, 7) is 0. The van der Waals surface area contributed by atoms with Crippen molar-refractivity contribution < 1.29 is 9.59 Å². The van der Waals surface area contributed by atoms with Crippen LogP contribution < -0.4 is 0 Å². The number of aldehydes is 2. The Morgan fingerprint density at radius 1 is 0.342 bits per heavy atom. The first-order chi connectivity index (χ1) is 18.4. The summed E-state index contributed by atoms with van der Waals surface area (Å²) in [5, 5.41) is 2.23. The van der Waals surface area contributed by atoms with Gasteiger partial charge >= 0.3 is 0 Å². The third-order valence-electron chi connectivity index (χ3n) is 6.34. The second kappa shape index (κ2) is 11.1. The van der Waals surface area contributed by atoms with E-state index in [0.29, 0.717) is 53.5 Å². The largest absolute Gasteiger partial charge is 0.298 e. The minimum absolute atomic E-state index is 0.426. The Morgan fingerprint density at radius 2 is 0.526 bits per heavy atom. The molecule has 0 saturated heterocycles. The lowest BCUT2D eigenvalue weighted by atomic mass is 9.78. The fourth-order valence-corrected chi connectivity index (χ4v) is 5.19. The molecule has 38 heavy (non-hydrogen) atoms. The Hall–Kier alpha value is -3.40. The first kappa shape index (κ1) is 26.2. The molecule has 0 bridgehead atoms. The standard InChI is InChI=1S/C32H18Cl4O2/c33-23-9-1-19(2-10-23)29-27(17-37)31(21-5-13-25(35)14-6-21)32(22-7-15-26(36)16-8-22)28(18-38)30(29)20-3-11-24(34)12-4-20/h1-18H. The molecule has 0 heterocycles. The summed E-state index contributed by atoms with van der Waals surface area (Å²) in [5.74, 6) is 0. The number of carbonyl (C=O) groups excluding carboxylic acids is 2. The van der Waals surface area contributed by atoms with Crippen molar-refractivity contribution in [2.75, 3.05) is 0 Å². The highest BCUT2D eigenvalue weighted by Crippen LogP contribution is 2.48. The number of benzene rings is 5. The van der Waals surface area contributed by atoms with Gasteiger partial charge in [0.1, 0.15) is 0 Å². The quantitative estimate of drug-likeness (QED) is 0.189. The fourth-order valence-electron chi connectivity index (χ4n) is 4.69. The van der Waals surface area contributed by atoms with Crippen LogP contribution in [0, 0.1) is 0 Å². The molecule has 0 spiro atoms. The average molecular weight is 576 g/mol. The van der Waals surface area contributed by atoms with Crippen LogP contribution >= 0.6 is 46.4 Å². The molecular formula is C32H18Cl4O2. The molecule has 0 saturated carbocycles. The monoisotopic (exact) mass is 574 g/mol. The van der Waals surface area contributed by atoms with Crippen LogP contribution in [0.3, 0.4) is 0 Å². The predicted octanol–water partition coefficient (Wildman–Crippen LogP) is 10.6. The van der Waals surface area contributed by atoms with Crippen LogP contribution in [0.2, 0.25) is 20.1 Å². The Morgan fingerprint density at radius 3 is 0.684 bits per heavy atom. The van der Waals surface area contributed by atoms with Crippen molar-refractivity contribution in [1.82, 2.24) is 0 Å². The molecular weight excluding hydrogens is 558 g/mol. The molecule has 0 N–H and O–H groups in total. The molecule has 5 rings (SSSR count). The summed E-state index contributed by atoms with van der Waals surface area (Å²) in [5.41, 5.74) is 6.26. The summed E-state index contributed by atoms with van der Waals surface area (Å²) in [6, 6.07) is 28.8. The summed E-state index contributed by atoms with van der Waals surface area (Å²) >= 11 is 24.8. The summed E-state index contributed by atoms with van der Waals surface area (Å²) in [7, 11) is 0. The van der Waals surface area contributed by atoms with E-state index >= 15 is 0 Å². The van der Waals surface area contributed by atoms with Crippen LogP contribution in [0.4, 0.5) is 0 Å². The first-order valence-electron chi connectivity index (χ1n) is 11.6. The number of hydrogen-bond acceptors (Lipinski definition) is 2. The van der Waals surface area contributed by atoms with Crippen molar-refractivity contribution in [2.24, 2.45) is 0 Å². The molecule has 6 heteroatoms. The fraction of sp³-hybridized carbons (Fsp3) is 0. The van der Waals surface area contributed by atoms with E-state index in [2.05, 4.69) is 0 Å². The van der Waals surface area contributed by atoms with Crippen molar-refractivity contribution >= 4 is 59.0 Å². The van der Waals surface area contributed by atoms with Crippen LogP contribution in [0.1, 0.15) is 20.7 Å². The lowest BCUT2D eigenvalue weighted by molar-refractivity contribution is 0.111. The lowest BCUT2D eigenvalue weighted by Crippen LogP contribution is -2.05. The van der Waals surface area contributed by atoms with Gasteiger partial charge in [0.2, 0.25) is 0 Å². The van der Waals surface area contributed by atoms with Crippen molar-refractivity contribution in [3.05, 3.63) is 128 Å². The minimum atomic E-state index is 0.426. The van der Waals surface area contributed by atoms with Gasteiger partial charge in [0.05, 0.1) is 0 Å². The molecule has 0 aliphatic rings. The van der Waals surface area contributed by atoms with Crippen LogP contribution in [0.5, 0.6) is 0 Å². The van der Waals surface area contributed by atoms with Gasteiger partial charge < -0.3 is 0 Å². The van der Waals surface area contributed by atoms with E-state index in [1.807, 2.05) is 48.5 Å². The molecule has 186 valence electrons. The number of rotatable bonds is 6. The van der Waals surface area contributed by atoms with Crippen molar-refractivity contribution in [2.45, 2.75) is 0 Å². The third kappa shape index (κ3) is 5.01. The van der Waals surface area contributed by atoms with Crippen LogP contribution in [-0.4, -0.2) is 12.6 Å². The molecule has 0 atom stereocenters. The number of hydrogen-bond donors (Lipinski definition) is 0. The van der Waals surface area contributed by atoms with Gasteiger partial charge in [-0.25, -0.2) is 0 Å². The Labute approximate surface area is 240 Å². The number of halogens is 4. The highest BCUT2D eigenvalue weighted by atomic mass is 35.5. The topological polar surface area (TPSA) is 34.1 Å². The van der Waals surface area contributed by atoms with Crippen LogP contribution in [-0.2, 0) is 0 Å². The summed E-state index contributed by atoms with van der Waals surface area (Å²) in [4.78, 5) is 26.0. The Kier molecular flexibility index (Phi) is 7.69. The van der Waals surface area contributed by atoms with E-state index in [1.54, 1.807) is 48.5 Å². The van der Waals surface area contributed by atoms with E-state index in [1.165, 1.54) is 0 Å². The third-order valence-corrected chi connectivity index (χ3v) is 7.35. The van der Waals surface area contributed by atoms with E-state index in [0.717, 1.165) is 34.8 Å². The Bertz CT molecular complexity index is 1400. The molecule has 2 nitrogen and oxygen atoms in total. The Balaban J connectivity index is 2.03. The van der Waals surface area contributed by atoms with E-state index in [9.17, 15) is 9.59 Å². The van der Waals surface area contributed by atoms with Crippen molar-refractivity contribution in [3.63, 3.8) is 0 Å². The molecule has 0 fully saturated rings. The highest BCUT2D eigenvalue weighted by molar-refractivity contribution is 6.31. The van der Waals surface area contributed by atoms with Gasteiger partial charge in [-0.2, -0.15) is 0 Å². The normalized spacial score (nSPS) is 10.8. The van der Waals surface area contributed by atoms with Gasteiger partial charge in [-0.15, -0.1) is 0 Å². The van der Waals surface area contributed by atoms with Gasteiger partial charge in [0.15, 0.2) is 12.6 Å². The van der Waals surface area contributed by atoms with Crippen LogP contribution in [0.25, 0.3) is 44.5 Å². The van der Waals surface area contributed by atoms with Gasteiger partial charge in [-0.1, -0.05) is 94.9 Å². The van der Waals surface area contributed by atoms with Gasteiger partial charge in [-0.05, 0) is 70.8 Å². The smallest absolute Gasteiger partial charge is 0.151 e. The van der Waals surface area contributed by atoms with Gasteiger partial charge in [0.25, 0.3) is 0 Å². The summed E-state index contributed by atoms with van der Waals surface area (Å²) in [6.07, 6.45) is 1.67. The number of carbonyl (C=O) groups is 2. The maximum atomic E-state index is 13.0. The van der Waals surface area contributed by atoms with Crippen molar-refractivity contribution in [1.29, 1.82) is 0 Å². The van der Waals surface area contributed by atoms with E-state index < -0.39 is 0 Å². The predicted molar refractivity (Wildman–Crippen MR) is 159 cm³/mol. The summed E-state index contributed by atoms with van der Waals surface area (Å²) < 4.78 is 0. The molecule has 0 amide bonds. The van der Waals surface area contributed by atoms with Crippen LogP contribution in [0.15, 0.2) is 97.1 Å². The molecule has 0 aromatic heterocycles. The lowest BCUT2D eigenvalue weighted by Gasteiger charge is -2.24. The van der Waals surface area contributed by atoms with E-state index in [4.69, 9.17) is 46.4 Å². The zero-order chi connectivity index (χ0) is 26.8. The van der Waals surface area contributed by atoms with Crippen molar-refractivity contribution in [3.8, 4) is 44.5 Å². The zero-order valence-corrected chi connectivity index (χ0v) is 22.7. The van der Waals surface area contributed by atoms with Gasteiger partial charge in [0, 0.05) is 53.5 Å². The maximum absolute atomic E-state index is 13.0. The highest BCUT2D eigenvalue weighted by Gasteiger charge is 2.27. The maximum Gasteiger partial charge on any atom is 0.151 e. The first-order valence-corrected chi connectivity index (χ1v) is 13.1. The molecule has 0 unspecified atom stereocenters. The average Bonchev–Trinajstić information content (AvgIpc) is 2.93. The van der Waals surface area contributed by atoms with E-state index in [-0.39, 0.29) is 0 Å². The molecule has 0 aliphatic heterocycles. The molecule has 5 aromatic carbocycles. The molecule has 0 aliphatic carbocycles. The molecule has 5 aromatic rings.